The number of nitrogens with zero attached hydrogens (tertiary/aromatic N) is 1. The SMILES string of the molecule is Cc1oc2cc3c(cc2c1C)c1cccc2c(CC(C)(C)C)c(C)c4ccnc3c4c21. The summed E-state index contributed by atoms with van der Waals surface area (Å²) in [7, 11) is 0. The Balaban J connectivity index is 1.92. The highest BCUT2D eigenvalue weighted by atomic mass is 16.3. The van der Waals surface area contributed by atoms with Crippen LogP contribution in [0, 0.1) is 26.2 Å². The first-order chi connectivity index (χ1) is 14.7. The van der Waals surface area contributed by atoms with Crippen LogP contribution in [-0.4, -0.2) is 4.98 Å². The molecular formula is C29H27NO. The Morgan fingerprint density at radius 1 is 0.774 bits per heavy atom. The first kappa shape index (κ1) is 18.6. The molecule has 0 atom stereocenters. The van der Waals surface area contributed by atoms with Crippen LogP contribution < -0.4 is 0 Å². The molecule has 0 unspecified atom stereocenters. The molecule has 154 valence electrons. The van der Waals surface area contributed by atoms with Crippen LogP contribution in [0.2, 0.25) is 0 Å². The molecule has 31 heavy (non-hydrogen) atoms. The largest absolute Gasteiger partial charge is 0.461 e. The van der Waals surface area contributed by atoms with E-state index >= 15 is 0 Å². The summed E-state index contributed by atoms with van der Waals surface area (Å²) in [5.74, 6) is 0.988. The third-order valence-corrected chi connectivity index (χ3v) is 7.01. The summed E-state index contributed by atoms with van der Waals surface area (Å²) in [5.41, 5.74) is 6.32. The minimum Gasteiger partial charge on any atom is -0.461 e. The second-order valence-corrected chi connectivity index (χ2v) is 10.3. The Morgan fingerprint density at radius 3 is 2.32 bits per heavy atom. The number of rotatable bonds is 1. The first-order valence-electron chi connectivity index (χ1n) is 11.1. The summed E-state index contributed by atoms with van der Waals surface area (Å²) in [5, 5.41) is 10.3. The van der Waals surface area contributed by atoms with Gasteiger partial charge in [-0.15, -0.1) is 0 Å². The van der Waals surface area contributed by atoms with Gasteiger partial charge in [-0.2, -0.15) is 0 Å². The molecule has 0 radical (unpaired) electrons. The third kappa shape index (κ3) is 2.48. The first-order valence-corrected chi connectivity index (χ1v) is 11.1. The minimum atomic E-state index is 0.219. The Kier molecular flexibility index (Phi) is 3.59. The van der Waals surface area contributed by atoms with E-state index in [2.05, 4.69) is 71.0 Å². The monoisotopic (exact) mass is 405 g/mol. The quantitative estimate of drug-likeness (QED) is 0.203. The van der Waals surface area contributed by atoms with Gasteiger partial charge in [-0.25, -0.2) is 0 Å². The van der Waals surface area contributed by atoms with Crippen molar-refractivity contribution in [2.75, 3.05) is 0 Å². The summed E-state index contributed by atoms with van der Waals surface area (Å²) in [6.45, 7) is 13.5. The van der Waals surface area contributed by atoms with Gasteiger partial charge in [-0.05, 0) is 94.4 Å². The lowest BCUT2D eigenvalue weighted by Gasteiger charge is -2.24. The van der Waals surface area contributed by atoms with E-state index in [-0.39, 0.29) is 5.41 Å². The standard InChI is InChI=1S/C29H27NO/c1-15-17(3)31-25-13-23-22(12-21(15)25)19-8-7-9-20-24(14-29(4,5)6)16(2)18-10-11-30-28(23)27(18)26(19)20/h7-13H,14H2,1-6H3. The van der Waals surface area contributed by atoms with Crippen LogP contribution in [0.25, 0.3) is 54.2 Å². The van der Waals surface area contributed by atoms with Crippen molar-refractivity contribution in [1.82, 2.24) is 4.98 Å². The number of fused-ring (bicyclic) bond motifs is 4. The number of pyridine rings is 1. The Hall–Kier alpha value is -3.13. The number of hydrogen-bond acceptors (Lipinski definition) is 2. The third-order valence-electron chi connectivity index (χ3n) is 7.01. The molecular weight excluding hydrogens is 378 g/mol. The van der Waals surface area contributed by atoms with Gasteiger partial charge < -0.3 is 4.42 Å². The van der Waals surface area contributed by atoms with E-state index in [0.717, 1.165) is 23.3 Å². The smallest absolute Gasteiger partial charge is 0.135 e. The number of benzene rings is 4. The summed E-state index contributed by atoms with van der Waals surface area (Å²) >= 11 is 0. The van der Waals surface area contributed by atoms with Crippen molar-refractivity contribution in [3.05, 3.63) is 65.0 Å². The zero-order valence-electron chi connectivity index (χ0n) is 19.1. The van der Waals surface area contributed by atoms with Crippen LogP contribution in [0.4, 0.5) is 0 Å². The molecule has 0 aliphatic rings. The van der Waals surface area contributed by atoms with Gasteiger partial charge in [0, 0.05) is 22.4 Å². The fraction of sp³-hybridized carbons (Fsp3) is 0.276. The number of hydrogen-bond donors (Lipinski definition) is 0. The molecule has 2 aromatic heterocycles. The fourth-order valence-corrected chi connectivity index (χ4v) is 5.46. The van der Waals surface area contributed by atoms with E-state index in [4.69, 9.17) is 9.40 Å². The molecule has 0 saturated carbocycles. The van der Waals surface area contributed by atoms with Gasteiger partial charge in [0.15, 0.2) is 0 Å². The topological polar surface area (TPSA) is 26.0 Å². The molecule has 6 aromatic rings. The van der Waals surface area contributed by atoms with Crippen molar-refractivity contribution in [2.45, 2.75) is 48.0 Å². The highest BCUT2D eigenvalue weighted by Crippen LogP contribution is 2.45. The number of aromatic nitrogens is 1. The van der Waals surface area contributed by atoms with Gasteiger partial charge in [-0.3, -0.25) is 4.98 Å². The summed E-state index contributed by atoms with van der Waals surface area (Å²) in [4.78, 5) is 4.90. The molecule has 0 amide bonds. The molecule has 0 aliphatic heterocycles. The van der Waals surface area contributed by atoms with Crippen molar-refractivity contribution in [3.8, 4) is 0 Å². The zero-order chi connectivity index (χ0) is 21.7. The van der Waals surface area contributed by atoms with Crippen molar-refractivity contribution >= 4 is 54.2 Å². The zero-order valence-corrected chi connectivity index (χ0v) is 19.1. The molecule has 2 heterocycles. The van der Waals surface area contributed by atoms with Crippen molar-refractivity contribution < 1.29 is 4.42 Å². The molecule has 2 nitrogen and oxygen atoms in total. The minimum absolute atomic E-state index is 0.219. The molecule has 0 spiro atoms. The summed E-state index contributed by atoms with van der Waals surface area (Å²) in [6.07, 6.45) is 3.02. The highest BCUT2D eigenvalue weighted by Gasteiger charge is 2.22. The maximum atomic E-state index is 6.09. The van der Waals surface area contributed by atoms with Crippen LogP contribution in [-0.2, 0) is 6.42 Å². The van der Waals surface area contributed by atoms with E-state index in [0.29, 0.717) is 0 Å². The highest BCUT2D eigenvalue weighted by molar-refractivity contribution is 6.34. The molecule has 0 N–H and O–H groups in total. The molecule has 6 rings (SSSR count). The van der Waals surface area contributed by atoms with Crippen molar-refractivity contribution in [2.24, 2.45) is 5.41 Å². The Bertz CT molecular complexity index is 1660. The van der Waals surface area contributed by atoms with Gasteiger partial charge in [0.25, 0.3) is 0 Å². The van der Waals surface area contributed by atoms with Crippen LogP contribution in [0.15, 0.2) is 47.0 Å². The fourth-order valence-electron chi connectivity index (χ4n) is 5.46. The predicted octanol–water partition coefficient (Wildman–Crippen LogP) is 8.39. The second-order valence-electron chi connectivity index (χ2n) is 10.3. The average Bonchev–Trinajstić information content (AvgIpc) is 3.01. The number of furan rings is 1. The van der Waals surface area contributed by atoms with E-state index in [9.17, 15) is 0 Å². The molecule has 2 heteroatoms. The van der Waals surface area contributed by atoms with E-state index < -0.39 is 0 Å². The second kappa shape index (κ2) is 5.97. The molecule has 0 saturated heterocycles. The lowest BCUT2D eigenvalue weighted by molar-refractivity contribution is 0.412. The Morgan fingerprint density at radius 2 is 1.55 bits per heavy atom. The van der Waals surface area contributed by atoms with Gasteiger partial charge in [0.05, 0.1) is 5.52 Å². The molecule has 0 aliphatic carbocycles. The predicted molar refractivity (Wildman–Crippen MR) is 133 cm³/mol. The van der Waals surface area contributed by atoms with Gasteiger partial charge in [-0.1, -0.05) is 39.0 Å². The van der Waals surface area contributed by atoms with E-state index in [1.807, 2.05) is 13.1 Å². The average molecular weight is 406 g/mol. The van der Waals surface area contributed by atoms with Crippen molar-refractivity contribution in [1.29, 1.82) is 0 Å². The molecule has 4 aromatic carbocycles. The summed E-state index contributed by atoms with van der Waals surface area (Å²) in [6, 6.07) is 13.5. The van der Waals surface area contributed by atoms with Gasteiger partial charge in [0.2, 0.25) is 0 Å². The van der Waals surface area contributed by atoms with Gasteiger partial charge in [0.1, 0.15) is 11.3 Å². The number of aryl methyl sites for hydroxylation is 3. The van der Waals surface area contributed by atoms with Gasteiger partial charge >= 0.3 is 0 Å². The lowest BCUT2D eigenvalue weighted by Crippen LogP contribution is -2.11. The normalized spacial score (nSPS) is 13.0. The van der Waals surface area contributed by atoms with Crippen molar-refractivity contribution in [3.63, 3.8) is 0 Å². The molecule has 0 fully saturated rings. The maximum Gasteiger partial charge on any atom is 0.135 e. The molecule has 0 bridgehead atoms. The van der Waals surface area contributed by atoms with Crippen LogP contribution in [0.3, 0.4) is 0 Å². The van der Waals surface area contributed by atoms with Crippen LogP contribution >= 0.6 is 0 Å². The van der Waals surface area contributed by atoms with Crippen LogP contribution in [0.1, 0.15) is 43.2 Å². The van der Waals surface area contributed by atoms with E-state index in [1.54, 1.807) is 0 Å². The lowest BCUT2D eigenvalue weighted by atomic mass is 9.80. The maximum absolute atomic E-state index is 6.09. The van der Waals surface area contributed by atoms with Crippen LogP contribution in [0.5, 0.6) is 0 Å². The Labute approximate surface area is 182 Å². The van der Waals surface area contributed by atoms with E-state index in [1.165, 1.54) is 59.8 Å². The summed E-state index contributed by atoms with van der Waals surface area (Å²) < 4.78 is 6.09.